The van der Waals surface area contributed by atoms with Gasteiger partial charge in [0, 0.05) is 11.9 Å². The maximum atomic E-state index is 11.0. The van der Waals surface area contributed by atoms with E-state index in [9.17, 15) is 4.79 Å². The minimum atomic E-state index is -0.931. The van der Waals surface area contributed by atoms with Gasteiger partial charge in [-0.3, -0.25) is 0 Å². The van der Waals surface area contributed by atoms with Crippen molar-refractivity contribution in [1.82, 2.24) is 9.55 Å². The second-order valence-electron chi connectivity index (χ2n) is 3.57. The van der Waals surface area contributed by atoms with Crippen LogP contribution in [0.5, 0.6) is 0 Å². The molecule has 0 bridgehead atoms. The van der Waals surface area contributed by atoms with Crippen molar-refractivity contribution in [3.8, 4) is 5.69 Å². The molecule has 0 saturated carbocycles. The molecule has 0 spiro atoms. The van der Waals surface area contributed by atoms with E-state index in [-0.39, 0.29) is 5.69 Å². The Balaban J connectivity index is 2.19. The van der Waals surface area contributed by atoms with Crippen molar-refractivity contribution >= 4 is 27.5 Å². The normalized spacial score (nSPS) is 10.8. The number of carbonyl (C=O) groups is 1. The predicted molar refractivity (Wildman–Crippen MR) is 65.9 cm³/mol. The maximum absolute atomic E-state index is 11.0. The van der Waals surface area contributed by atoms with Crippen molar-refractivity contribution in [3.63, 3.8) is 0 Å². The Kier molecular flexibility index (Phi) is 2.19. The number of aromatic carboxylic acids is 1. The molecule has 0 atom stereocenters. The Hall–Kier alpha value is -2.14. The van der Waals surface area contributed by atoms with Crippen LogP contribution in [0.2, 0.25) is 0 Å². The lowest BCUT2D eigenvalue weighted by atomic mass is 10.3. The second kappa shape index (κ2) is 3.71. The molecule has 2 aromatic heterocycles. The third kappa shape index (κ3) is 1.60. The Morgan fingerprint density at radius 2 is 2.24 bits per heavy atom. The minimum Gasteiger partial charge on any atom is -0.477 e. The van der Waals surface area contributed by atoms with E-state index >= 15 is 0 Å². The standard InChI is InChI=1S/C12H8N2O2S/c15-12(16)10-2-1-5-14(10)8-3-4-9-11(6-8)17-7-13-9/h1-7H,(H,15,16). The number of rotatable bonds is 2. The first-order valence-electron chi connectivity index (χ1n) is 5.00. The molecule has 2 heterocycles. The van der Waals surface area contributed by atoms with E-state index < -0.39 is 5.97 Å². The molecule has 3 aromatic rings. The molecule has 0 saturated heterocycles. The number of fused-ring (bicyclic) bond motifs is 1. The van der Waals surface area contributed by atoms with Gasteiger partial charge in [0.05, 0.1) is 15.7 Å². The van der Waals surface area contributed by atoms with Gasteiger partial charge in [0.1, 0.15) is 5.69 Å². The molecule has 0 aliphatic rings. The molecule has 1 N–H and O–H groups in total. The summed E-state index contributed by atoms with van der Waals surface area (Å²) in [5.74, 6) is -0.931. The van der Waals surface area contributed by atoms with Crippen molar-refractivity contribution in [2.45, 2.75) is 0 Å². The topological polar surface area (TPSA) is 55.1 Å². The lowest BCUT2D eigenvalue weighted by Gasteiger charge is -2.05. The molecule has 0 aliphatic carbocycles. The highest BCUT2D eigenvalue weighted by atomic mass is 32.1. The van der Waals surface area contributed by atoms with E-state index in [0.29, 0.717) is 0 Å². The number of aromatic nitrogens is 2. The van der Waals surface area contributed by atoms with Crippen molar-refractivity contribution < 1.29 is 9.90 Å². The largest absolute Gasteiger partial charge is 0.477 e. The molecule has 0 radical (unpaired) electrons. The fourth-order valence-electron chi connectivity index (χ4n) is 1.77. The summed E-state index contributed by atoms with van der Waals surface area (Å²) in [6.45, 7) is 0. The molecule has 0 aliphatic heterocycles. The summed E-state index contributed by atoms with van der Waals surface area (Å²) in [5.41, 5.74) is 3.81. The van der Waals surface area contributed by atoms with E-state index in [1.165, 1.54) is 0 Å². The average molecular weight is 244 g/mol. The quantitative estimate of drug-likeness (QED) is 0.754. The van der Waals surface area contributed by atoms with E-state index in [4.69, 9.17) is 5.11 Å². The highest BCUT2D eigenvalue weighted by molar-refractivity contribution is 7.16. The molecule has 4 nitrogen and oxygen atoms in total. The number of nitrogens with zero attached hydrogens (tertiary/aromatic N) is 2. The van der Waals surface area contributed by atoms with E-state index in [1.807, 2.05) is 18.2 Å². The lowest BCUT2D eigenvalue weighted by molar-refractivity contribution is 0.0688. The molecular weight excluding hydrogens is 236 g/mol. The second-order valence-corrected chi connectivity index (χ2v) is 4.46. The number of hydrogen-bond acceptors (Lipinski definition) is 3. The zero-order valence-electron chi connectivity index (χ0n) is 8.70. The van der Waals surface area contributed by atoms with Gasteiger partial charge in [-0.05, 0) is 30.3 Å². The van der Waals surface area contributed by atoms with Gasteiger partial charge >= 0.3 is 5.97 Å². The molecule has 3 rings (SSSR count). The zero-order valence-corrected chi connectivity index (χ0v) is 9.52. The molecule has 1 aromatic carbocycles. The Morgan fingerprint density at radius 1 is 1.35 bits per heavy atom. The van der Waals surface area contributed by atoms with Crippen molar-refractivity contribution in [1.29, 1.82) is 0 Å². The van der Waals surface area contributed by atoms with Crippen LogP contribution in [0.25, 0.3) is 15.9 Å². The van der Waals surface area contributed by atoms with Crippen LogP contribution in [0.1, 0.15) is 10.5 Å². The van der Waals surface area contributed by atoms with E-state index in [0.717, 1.165) is 15.9 Å². The number of thiazole rings is 1. The van der Waals surface area contributed by atoms with Crippen LogP contribution in [0.3, 0.4) is 0 Å². The highest BCUT2D eigenvalue weighted by Gasteiger charge is 2.10. The number of hydrogen-bond donors (Lipinski definition) is 1. The number of benzene rings is 1. The summed E-state index contributed by atoms with van der Waals surface area (Å²) < 4.78 is 2.70. The van der Waals surface area contributed by atoms with Gasteiger partial charge < -0.3 is 9.67 Å². The Labute approximate surface area is 101 Å². The molecule has 0 fully saturated rings. The smallest absolute Gasteiger partial charge is 0.352 e. The van der Waals surface area contributed by atoms with Gasteiger partial charge in [-0.2, -0.15) is 0 Å². The summed E-state index contributed by atoms with van der Waals surface area (Å²) in [7, 11) is 0. The molecular formula is C12H8N2O2S. The first-order chi connectivity index (χ1) is 8.25. The Bertz CT molecular complexity index is 699. The van der Waals surface area contributed by atoms with Crippen LogP contribution in [0.15, 0.2) is 42.0 Å². The van der Waals surface area contributed by atoms with Crippen LogP contribution in [-0.4, -0.2) is 20.6 Å². The van der Waals surface area contributed by atoms with Crippen molar-refractivity contribution in [2.24, 2.45) is 0 Å². The van der Waals surface area contributed by atoms with Crippen LogP contribution in [0.4, 0.5) is 0 Å². The van der Waals surface area contributed by atoms with Crippen molar-refractivity contribution in [2.75, 3.05) is 0 Å². The summed E-state index contributed by atoms with van der Waals surface area (Å²) in [6, 6.07) is 9.01. The molecule has 84 valence electrons. The van der Waals surface area contributed by atoms with Crippen LogP contribution in [0, 0.1) is 0 Å². The van der Waals surface area contributed by atoms with Crippen molar-refractivity contribution in [3.05, 3.63) is 47.7 Å². The summed E-state index contributed by atoms with van der Waals surface area (Å²) in [4.78, 5) is 15.2. The molecule has 0 amide bonds. The Morgan fingerprint density at radius 3 is 3.06 bits per heavy atom. The van der Waals surface area contributed by atoms with Gasteiger partial charge in [0.15, 0.2) is 0 Å². The SMILES string of the molecule is O=C(O)c1cccn1-c1ccc2ncsc2c1. The van der Waals surface area contributed by atoms with E-state index in [2.05, 4.69) is 4.98 Å². The summed E-state index contributed by atoms with van der Waals surface area (Å²) in [5, 5.41) is 9.06. The fraction of sp³-hybridized carbons (Fsp3) is 0. The van der Waals surface area contributed by atoms with Gasteiger partial charge in [-0.15, -0.1) is 11.3 Å². The average Bonchev–Trinajstić information content (AvgIpc) is 2.96. The van der Waals surface area contributed by atoms with Crippen LogP contribution < -0.4 is 0 Å². The lowest BCUT2D eigenvalue weighted by Crippen LogP contribution is -2.05. The van der Waals surface area contributed by atoms with Crippen LogP contribution in [-0.2, 0) is 0 Å². The minimum absolute atomic E-state index is 0.258. The highest BCUT2D eigenvalue weighted by Crippen LogP contribution is 2.22. The zero-order chi connectivity index (χ0) is 11.8. The third-order valence-corrected chi connectivity index (χ3v) is 3.35. The number of carboxylic acids is 1. The summed E-state index contributed by atoms with van der Waals surface area (Å²) >= 11 is 1.54. The third-order valence-electron chi connectivity index (χ3n) is 2.56. The summed E-state index contributed by atoms with van der Waals surface area (Å²) in [6.07, 6.45) is 1.74. The van der Waals surface area contributed by atoms with Gasteiger partial charge in [0.2, 0.25) is 0 Å². The van der Waals surface area contributed by atoms with E-state index in [1.54, 1.807) is 39.7 Å². The fourth-order valence-corrected chi connectivity index (χ4v) is 2.48. The number of carboxylic acid groups (broad SMARTS) is 1. The van der Waals surface area contributed by atoms with Gasteiger partial charge in [-0.25, -0.2) is 9.78 Å². The maximum Gasteiger partial charge on any atom is 0.352 e. The monoisotopic (exact) mass is 244 g/mol. The first-order valence-corrected chi connectivity index (χ1v) is 5.88. The van der Waals surface area contributed by atoms with Gasteiger partial charge in [-0.1, -0.05) is 0 Å². The first kappa shape index (κ1) is 10.0. The molecule has 0 unspecified atom stereocenters. The van der Waals surface area contributed by atoms with Crippen LogP contribution >= 0.6 is 11.3 Å². The predicted octanol–water partition coefficient (Wildman–Crippen LogP) is 2.79. The molecule has 5 heteroatoms. The molecule has 17 heavy (non-hydrogen) atoms. The van der Waals surface area contributed by atoms with Gasteiger partial charge in [0.25, 0.3) is 0 Å².